The van der Waals surface area contributed by atoms with Crippen LogP contribution in [0.2, 0.25) is 0 Å². The first-order chi connectivity index (χ1) is 12.3. The second-order valence-electron chi connectivity index (χ2n) is 9.68. The zero-order chi connectivity index (χ0) is 23.1. The number of alkyl halides is 3. The molecule has 9 heteroatoms. The van der Waals surface area contributed by atoms with Crippen LogP contribution in [-0.2, 0) is 14.4 Å². The molecule has 0 saturated carbocycles. The number of amides is 2. The fraction of sp³-hybridized carbons (Fsp3) is 0.850. The van der Waals surface area contributed by atoms with Crippen LogP contribution in [0.1, 0.15) is 68.7 Å². The summed E-state index contributed by atoms with van der Waals surface area (Å²) in [5.41, 5.74) is 3.66. The van der Waals surface area contributed by atoms with Crippen molar-refractivity contribution < 1.29 is 33.0 Å². The fourth-order valence-corrected chi connectivity index (χ4v) is 2.40. The Morgan fingerprint density at radius 2 is 1.52 bits per heavy atom. The number of halogens is 3. The van der Waals surface area contributed by atoms with Crippen molar-refractivity contribution >= 4 is 18.1 Å². The van der Waals surface area contributed by atoms with Gasteiger partial charge in [-0.25, -0.2) is 0 Å². The lowest BCUT2D eigenvalue weighted by atomic mass is 9.78. The van der Waals surface area contributed by atoms with Gasteiger partial charge in [0.15, 0.2) is 0 Å². The number of nitrogens with zero attached hydrogens (tertiary/aromatic N) is 1. The van der Waals surface area contributed by atoms with E-state index in [4.69, 9.17) is 4.79 Å². The van der Waals surface area contributed by atoms with Crippen LogP contribution in [0.4, 0.5) is 13.2 Å². The highest BCUT2D eigenvalue weighted by Gasteiger charge is 2.47. The van der Waals surface area contributed by atoms with Crippen LogP contribution in [0.3, 0.4) is 0 Å². The van der Waals surface area contributed by atoms with Crippen molar-refractivity contribution in [1.29, 1.82) is 0 Å². The first-order valence-electron chi connectivity index (χ1n) is 9.38. The molecule has 29 heavy (non-hydrogen) atoms. The lowest BCUT2D eigenvalue weighted by Crippen LogP contribution is -2.43. The van der Waals surface area contributed by atoms with Gasteiger partial charge in [-0.3, -0.25) is 9.59 Å². The molecule has 1 fully saturated rings. The van der Waals surface area contributed by atoms with Gasteiger partial charge in [0.25, 0.3) is 0 Å². The number of carbonyl (C=O) groups is 3. The Hall–Kier alpha value is -1.64. The van der Waals surface area contributed by atoms with Crippen molar-refractivity contribution in [2.75, 3.05) is 6.54 Å². The molecular weight excluding hydrogens is 389 g/mol. The van der Waals surface area contributed by atoms with Crippen molar-refractivity contribution in [2.24, 2.45) is 28.4 Å². The van der Waals surface area contributed by atoms with Crippen molar-refractivity contribution in [3.63, 3.8) is 0 Å². The minimum absolute atomic E-state index is 0. The summed E-state index contributed by atoms with van der Waals surface area (Å²) in [6, 6.07) is -0.271. The van der Waals surface area contributed by atoms with Crippen LogP contribution >= 0.6 is 0 Å². The SMILES string of the molecule is CC(C)C.C[C@@H]1CN(C(=O)CC(C)(C)C)[C@H](C=O)C1(C)C.NC(=O)C(F)(F)F.O. The molecule has 6 nitrogen and oxygen atoms in total. The number of primary amides is 1. The van der Waals surface area contributed by atoms with E-state index < -0.39 is 12.1 Å². The molecular formula is C20H39F3N2O4. The number of rotatable bonds is 2. The topological polar surface area (TPSA) is 112 Å². The van der Waals surface area contributed by atoms with E-state index in [1.165, 1.54) is 0 Å². The van der Waals surface area contributed by atoms with E-state index in [-0.39, 0.29) is 28.3 Å². The Morgan fingerprint density at radius 3 is 1.76 bits per heavy atom. The van der Waals surface area contributed by atoms with E-state index in [1.54, 1.807) is 4.90 Å². The van der Waals surface area contributed by atoms with Crippen LogP contribution in [0.15, 0.2) is 0 Å². The minimum Gasteiger partial charge on any atom is -0.412 e. The van der Waals surface area contributed by atoms with Crippen LogP contribution in [0.5, 0.6) is 0 Å². The molecule has 1 saturated heterocycles. The molecule has 0 bridgehead atoms. The van der Waals surface area contributed by atoms with Crippen molar-refractivity contribution in [3.05, 3.63) is 0 Å². The molecule has 0 aromatic heterocycles. The molecule has 1 heterocycles. The maximum Gasteiger partial charge on any atom is 0.470 e. The van der Waals surface area contributed by atoms with Gasteiger partial charge in [-0.15, -0.1) is 0 Å². The third kappa shape index (κ3) is 12.5. The molecule has 0 radical (unpaired) electrons. The van der Waals surface area contributed by atoms with Crippen molar-refractivity contribution in [1.82, 2.24) is 4.90 Å². The van der Waals surface area contributed by atoms with Crippen molar-refractivity contribution in [3.8, 4) is 0 Å². The number of likely N-dealkylation sites (tertiary alicyclic amines) is 1. The van der Waals surface area contributed by atoms with Gasteiger partial charge in [-0.1, -0.05) is 62.3 Å². The highest BCUT2D eigenvalue weighted by molar-refractivity contribution is 5.81. The van der Waals surface area contributed by atoms with Gasteiger partial charge < -0.3 is 20.9 Å². The normalized spacial score (nSPS) is 20.5. The van der Waals surface area contributed by atoms with Gasteiger partial charge >= 0.3 is 12.1 Å². The fourth-order valence-electron chi connectivity index (χ4n) is 2.40. The third-order valence-electron chi connectivity index (χ3n) is 4.25. The maximum absolute atomic E-state index is 12.2. The van der Waals surface area contributed by atoms with E-state index in [1.807, 2.05) is 20.8 Å². The average molecular weight is 429 g/mol. The van der Waals surface area contributed by atoms with Crippen LogP contribution in [0, 0.1) is 22.7 Å². The molecule has 1 aliphatic heterocycles. The molecule has 0 unspecified atom stereocenters. The van der Waals surface area contributed by atoms with E-state index in [9.17, 15) is 22.8 Å². The van der Waals surface area contributed by atoms with Gasteiger partial charge in [0.2, 0.25) is 5.91 Å². The lowest BCUT2D eigenvalue weighted by molar-refractivity contribution is -0.169. The van der Waals surface area contributed by atoms with Gasteiger partial charge in [-0.2, -0.15) is 13.2 Å². The second kappa shape index (κ2) is 12.1. The van der Waals surface area contributed by atoms with Gasteiger partial charge in [0.1, 0.15) is 6.29 Å². The Bertz CT molecular complexity index is 524. The summed E-state index contributed by atoms with van der Waals surface area (Å²) in [5, 5.41) is 0. The molecule has 1 rings (SSSR count). The van der Waals surface area contributed by atoms with Crippen molar-refractivity contribution in [2.45, 2.75) is 81.0 Å². The van der Waals surface area contributed by atoms with Gasteiger partial charge in [0, 0.05) is 13.0 Å². The highest BCUT2D eigenvalue weighted by atomic mass is 19.4. The average Bonchev–Trinajstić information content (AvgIpc) is 2.66. The zero-order valence-corrected chi connectivity index (χ0v) is 19.1. The Labute approximate surface area is 172 Å². The molecule has 4 N–H and O–H groups in total. The zero-order valence-electron chi connectivity index (χ0n) is 19.1. The summed E-state index contributed by atoms with van der Waals surface area (Å²) in [6.07, 6.45) is -3.43. The molecule has 174 valence electrons. The molecule has 2 amide bonds. The summed E-state index contributed by atoms with van der Waals surface area (Å²) in [5.74, 6) is -0.957. The standard InChI is InChI=1S/C14H25NO2.C4H10.C2H2F3NO.H2O/c1-10-8-15(11(9-16)14(10,5)6)12(17)7-13(2,3)4;1-4(2)3;3-2(4,5)1(6)7;/h9-11H,7-8H2,1-6H3;4H,1-3H3;(H2,6,7);1H2/t10-,11-;;;/m1.../s1. The highest BCUT2D eigenvalue weighted by Crippen LogP contribution is 2.40. The van der Waals surface area contributed by atoms with E-state index in [2.05, 4.69) is 47.3 Å². The van der Waals surface area contributed by atoms with Gasteiger partial charge in [0.05, 0.1) is 6.04 Å². The summed E-state index contributed by atoms with van der Waals surface area (Å²) >= 11 is 0. The van der Waals surface area contributed by atoms with Crippen LogP contribution in [-0.4, -0.2) is 47.2 Å². The first kappa shape index (κ1) is 32.0. The predicted molar refractivity (Wildman–Crippen MR) is 108 cm³/mol. The maximum atomic E-state index is 12.2. The third-order valence-corrected chi connectivity index (χ3v) is 4.25. The summed E-state index contributed by atoms with van der Waals surface area (Å²) in [4.78, 5) is 34.4. The number of nitrogens with two attached hydrogens (primary N) is 1. The van der Waals surface area contributed by atoms with E-state index in [0.29, 0.717) is 18.9 Å². The molecule has 1 aliphatic rings. The molecule has 2 atom stereocenters. The monoisotopic (exact) mass is 428 g/mol. The Kier molecular flexibility index (Phi) is 13.4. The predicted octanol–water partition coefficient (Wildman–Crippen LogP) is 3.37. The minimum atomic E-state index is -4.86. The van der Waals surface area contributed by atoms with E-state index >= 15 is 0 Å². The Morgan fingerprint density at radius 1 is 1.17 bits per heavy atom. The van der Waals surface area contributed by atoms with Gasteiger partial charge in [-0.05, 0) is 22.7 Å². The number of carbonyl (C=O) groups excluding carboxylic acids is 3. The molecule has 0 aromatic carbocycles. The molecule has 0 spiro atoms. The number of hydrogen-bond acceptors (Lipinski definition) is 3. The van der Waals surface area contributed by atoms with Crippen LogP contribution < -0.4 is 5.73 Å². The lowest BCUT2D eigenvalue weighted by Gasteiger charge is -2.30. The first-order valence-corrected chi connectivity index (χ1v) is 9.38. The second-order valence-corrected chi connectivity index (χ2v) is 9.68. The van der Waals surface area contributed by atoms with E-state index in [0.717, 1.165) is 12.2 Å². The quantitative estimate of drug-likeness (QED) is 0.680. The Balaban J connectivity index is -0.000000470. The molecule has 0 aromatic rings. The van der Waals surface area contributed by atoms with Crippen LogP contribution in [0.25, 0.3) is 0 Å². The summed E-state index contributed by atoms with van der Waals surface area (Å²) in [6.45, 7) is 19.6. The largest absolute Gasteiger partial charge is 0.470 e. The number of hydrogen-bond donors (Lipinski definition) is 1. The summed E-state index contributed by atoms with van der Waals surface area (Å²) in [7, 11) is 0. The smallest absolute Gasteiger partial charge is 0.412 e. The summed E-state index contributed by atoms with van der Waals surface area (Å²) < 4.78 is 32.1. The number of aldehydes is 1. The molecule has 0 aliphatic carbocycles.